The first-order valence-electron chi connectivity index (χ1n) is 5.60. The lowest BCUT2D eigenvalue weighted by Crippen LogP contribution is -2.02. The van der Waals surface area contributed by atoms with Gasteiger partial charge in [0.1, 0.15) is 0 Å². The summed E-state index contributed by atoms with van der Waals surface area (Å²) in [6, 6.07) is 8.15. The van der Waals surface area contributed by atoms with Gasteiger partial charge in [-0.1, -0.05) is 24.3 Å². The Labute approximate surface area is 94.8 Å². The maximum atomic E-state index is 10.3. The standard InChI is InChI=1S/C13H15NO2/c15-9-1-2-11-3-5-12(6-4-11)13(7-8-13)14-10-16/h3-6,15H,1-2,7-9H2. The number of aliphatic imine (C=N–C) groups is 1. The largest absolute Gasteiger partial charge is 0.396 e. The summed E-state index contributed by atoms with van der Waals surface area (Å²) in [4.78, 5) is 14.2. The Morgan fingerprint density at radius 2 is 2.00 bits per heavy atom. The topological polar surface area (TPSA) is 49.7 Å². The molecule has 3 nitrogen and oxygen atoms in total. The van der Waals surface area contributed by atoms with E-state index in [-0.39, 0.29) is 12.1 Å². The molecular weight excluding hydrogens is 202 g/mol. The number of isocyanates is 1. The van der Waals surface area contributed by atoms with Crippen molar-refractivity contribution in [3.05, 3.63) is 35.4 Å². The number of aryl methyl sites for hydroxylation is 1. The molecule has 1 aromatic rings. The summed E-state index contributed by atoms with van der Waals surface area (Å²) in [6.07, 6.45) is 5.22. The van der Waals surface area contributed by atoms with Crippen molar-refractivity contribution in [1.82, 2.24) is 0 Å². The molecule has 0 amide bonds. The second-order valence-corrected chi connectivity index (χ2v) is 4.26. The molecule has 1 saturated carbocycles. The molecule has 1 N–H and O–H groups in total. The molecular formula is C13H15NO2. The first-order valence-corrected chi connectivity index (χ1v) is 5.60. The third kappa shape index (κ3) is 2.21. The highest BCUT2D eigenvalue weighted by atomic mass is 16.2. The molecule has 0 radical (unpaired) electrons. The van der Waals surface area contributed by atoms with Gasteiger partial charge in [-0.15, -0.1) is 0 Å². The lowest BCUT2D eigenvalue weighted by molar-refractivity contribution is 0.288. The van der Waals surface area contributed by atoms with Crippen molar-refractivity contribution in [2.45, 2.75) is 31.2 Å². The van der Waals surface area contributed by atoms with E-state index in [1.165, 1.54) is 5.56 Å². The first kappa shape index (κ1) is 11.1. The van der Waals surface area contributed by atoms with E-state index >= 15 is 0 Å². The summed E-state index contributed by atoms with van der Waals surface area (Å²) in [7, 11) is 0. The zero-order valence-corrected chi connectivity index (χ0v) is 9.15. The molecule has 1 aliphatic rings. The predicted octanol–water partition coefficient (Wildman–Crippen LogP) is 1.94. The average Bonchev–Trinajstić information content (AvgIpc) is 3.09. The summed E-state index contributed by atoms with van der Waals surface area (Å²) in [5, 5.41) is 8.73. The van der Waals surface area contributed by atoms with Gasteiger partial charge in [0.05, 0.1) is 5.54 Å². The summed E-state index contributed by atoms with van der Waals surface area (Å²) in [5.74, 6) is 0. The van der Waals surface area contributed by atoms with Crippen LogP contribution >= 0.6 is 0 Å². The Kier molecular flexibility index (Phi) is 3.18. The highest BCUT2D eigenvalue weighted by Gasteiger charge is 2.44. The Hall–Kier alpha value is -1.44. The number of carbonyl (C=O) groups excluding carboxylic acids is 1. The molecule has 0 aromatic heterocycles. The summed E-state index contributed by atoms with van der Waals surface area (Å²) >= 11 is 0. The van der Waals surface area contributed by atoms with E-state index in [9.17, 15) is 4.79 Å². The lowest BCUT2D eigenvalue weighted by Gasteiger charge is -2.08. The molecule has 0 aliphatic heterocycles. The predicted molar refractivity (Wildman–Crippen MR) is 60.9 cm³/mol. The number of benzene rings is 1. The van der Waals surface area contributed by atoms with Crippen LogP contribution in [0.4, 0.5) is 0 Å². The minimum absolute atomic E-state index is 0.223. The van der Waals surface area contributed by atoms with Gasteiger partial charge in [0.2, 0.25) is 6.08 Å². The second-order valence-electron chi connectivity index (χ2n) is 4.26. The molecule has 1 fully saturated rings. The van der Waals surface area contributed by atoms with Crippen LogP contribution in [0.1, 0.15) is 30.4 Å². The monoisotopic (exact) mass is 217 g/mol. The lowest BCUT2D eigenvalue weighted by atomic mass is 10.0. The van der Waals surface area contributed by atoms with Crippen molar-refractivity contribution in [2.75, 3.05) is 6.61 Å². The molecule has 2 rings (SSSR count). The van der Waals surface area contributed by atoms with Crippen molar-refractivity contribution in [3.63, 3.8) is 0 Å². The Morgan fingerprint density at radius 1 is 1.31 bits per heavy atom. The van der Waals surface area contributed by atoms with E-state index in [0.717, 1.165) is 31.2 Å². The molecule has 0 bridgehead atoms. The molecule has 1 aliphatic carbocycles. The summed E-state index contributed by atoms with van der Waals surface area (Å²) in [6.45, 7) is 0.223. The fourth-order valence-corrected chi connectivity index (χ4v) is 1.94. The van der Waals surface area contributed by atoms with Gasteiger partial charge in [-0.3, -0.25) is 0 Å². The first-order chi connectivity index (χ1) is 7.80. The van der Waals surface area contributed by atoms with Gasteiger partial charge in [-0.25, -0.2) is 4.79 Å². The van der Waals surface area contributed by atoms with Crippen LogP contribution in [0, 0.1) is 0 Å². The zero-order chi connectivity index (χ0) is 11.4. The molecule has 16 heavy (non-hydrogen) atoms. The maximum Gasteiger partial charge on any atom is 0.235 e. The van der Waals surface area contributed by atoms with Gasteiger partial charge in [0.25, 0.3) is 0 Å². The molecule has 0 saturated heterocycles. The van der Waals surface area contributed by atoms with Crippen LogP contribution in [0.25, 0.3) is 0 Å². The van der Waals surface area contributed by atoms with Crippen LogP contribution in [0.3, 0.4) is 0 Å². The van der Waals surface area contributed by atoms with Crippen molar-refractivity contribution in [1.29, 1.82) is 0 Å². The Bertz CT molecular complexity index is 400. The van der Waals surface area contributed by atoms with Gasteiger partial charge in [0.15, 0.2) is 0 Å². The fraction of sp³-hybridized carbons (Fsp3) is 0.462. The molecule has 1 aromatic carbocycles. The van der Waals surface area contributed by atoms with Crippen LogP contribution in [0.15, 0.2) is 29.3 Å². The highest BCUT2D eigenvalue weighted by molar-refractivity contribution is 5.41. The van der Waals surface area contributed by atoms with Gasteiger partial charge >= 0.3 is 0 Å². The van der Waals surface area contributed by atoms with Crippen LogP contribution in [0.5, 0.6) is 0 Å². The third-order valence-electron chi connectivity index (χ3n) is 3.10. The SMILES string of the molecule is O=C=NC1(c2ccc(CCCO)cc2)CC1. The molecule has 84 valence electrons. The van der Waals surface area contributed by atoms with Crippen LogP contribution in [0.2, 0.25) is 0 Å². The van der Waals surface area contributed by atoms with Crippen molar-refractivity contribution < 1.29 is 9.90 Å². The number of rotatable bonds is 5. The zero-order valence-electron chi connectivity index (χ0n) is 9.15. The van der Waals surface area contributed by atoms with Gasteiger partial charge in [-0.05, 0) is 36.8 Å². The van der Waals surface area contributed by atoms with E-state index in [4.69, 9.17) is 5.11 Å². The van der Waals surface area contributed by atoms with Gasteiger partial charge in [0, 0.05) is 6.61 Å². The normalized spacial score (nSPS) is 16.6. The van der Waals surface area contributed by atoms with Crippen molar-refractivity contribution in [2.24, 2.45) is 4.99 Å². The van der Waals surface area contributed by atoms with E-state index in [1.807, 2.05) is 24.3 Å². The minimum Gasteiger partial charge on any atom is -0.396 e. The summed E-state index contributed by atoms with van der Waals surface area (Å²) in [5.41, 5.74) is 2.05. The number of hydrogen-bond donors (Lipinski definition) is 1. The van der Waals surface area contributed by atoms with Gasteiger partial charge in [-0.2, -0.15) is 4.99 Å². The van der Waals surface area contributed by atoms with E-state index in [2.05, 4.69) is 4.99 Å². The Balaban J connectivity index is 2.10. The van der Waals surface area contributed by atoms with Crippen LogP contribution < -0.4 is 0 Å². The smallest absolute Gasteiger partial charge is 0.235 e. The number of nitrogens with zero attached hydrogens (tertiary/aromatic N) is 1. The van der Waals surface area contributed by atoms with E-state index in [1.54, 1.807) is 6.08 Å². The molecule has 0 heterocycles. The second kappa shape index (κ2) is 4.60. The molecule has 0 spiro atoms. The number of aliphatic hydroxyl groups is 1. The number of hydrogen-bond acceptors (Lipinski definition) is 3. The molecule has 0 atom stereocenters. The minimum atomic E-state index is -0.267. The third-order valence-corrected chi connectivity index (χ3v) is 3.10. The number of aliphatic hydroxyl groups excluding tert-OH is 1. The summed E-state index contributed by atoms with van der Waals surface area (Å²) < 4.78 is 0. The Morgan fingerprint density at radius 3 is 2.50 bits per heavy atom. The molecule has 0 unspecified atom stereocenters. The van der Waals surface area contributed by atoms with Crippen LogP contribution in [-0.4, -0.2) is 17.8 Å². The highest BCUT2D eigenvalue weighted by Crippen LogP contribution is 2.49. The van der Waals surface area contributed by atoms with Gasteiger partial charge < -0.3 is 5.11 Å². The fourth-order valence-electron chi connectivity index (χ4n) is 1.94. The maximum absolute atomic E-state index is 10.3. The van der Waals surface area contributed by atoms with E-state index in [0.29, 0.717) is 0 Å². The molecule has 3 heteroatoms. The van der Waals surface area contributed by atoms with Crippen LogP contribution in [-0.2, 0) is 16.8 Å². The quantitative estimate of drug-likeness (QED) is 0.605. The average molecular weight is 217 g/mol. The van der Waals surface area contributed by atoms with E-state index < -0.39 is 0 Å². The van der Waals surface area contributed by atoms with Crippen molar-refractivity contribution in [3.8, 4) is 0 Å². The van der Waals surface area contributed by atoms with Crippen molar-refractivity contribution >= 4 is 6.08 Å².